The van der Waals surface area contributed by atoms with Gasteiger partial charge in [0, 0.05) is 24.6 Å². The van der Waals surface area contributed by atoms with Crippen LogP contribution in [0.25, 0.3) is 0 Å². The first kappa shape index (κ1) is 12.4. The Hall–Kier alpha value is -2.62. The fraction of sp³-hybridized carbons (Fsp3) is 0.125. The molecule has 100 valence electrons. The van der Waals surface area contributed by atoms with Gasteiger partial charge < -0.3 is 5.11 Å². The highest BCUT2D eigenvalue weighted by Gasteiger charge is 2.22. The van der Waals surface area contributed by atoms with Crippen LogP contribution < -0.4 is 0 Å². The van der Waals surface area contributed by atoms with Gasteiger partial charge in [0.15, 0.2) is 0 Å². The summed E-state index contributed by atoms with van der Waals surface area (Å²) in [5.41, 5.74) is 2.92. The topological polar surface area (TPSA) is 52.9 Å². The van der Waals surface area contributed by atoms with Crippen LogP contribution in [0, 0.1) is 0 Å². The van der Waals surface area contributed by atoms with Crippen molar-refractivity contribution in [3.63, 3.8) is 0 Å². The highest BCUT2D eigenvalue weighted by atomic mass is 16.3. The number of rotatable bonds is 1. The Labute approximate surface area is 117 Å². The highest BCUT2D eigenvalue weighted by molar-refractivity contribution is 6.08. The summed E-state index contributed by atoms with van der Waals surface area (Å²) in [6.07, 6.45) is 0.518. The quantitative estimate of drug-likeness (QED) is 0.861. The lowest BCUT2D eigenvalue weighted by Gasteiger charge is -2.10. The van der Waals surface area contributed by atoms with Crippen molar-refractivity contribution in [3.05, 3.63) is 65.2 Å². The lowest BCUT2D eigenvalue weighted by molar-refractivity contribution is 0.0800. The molecule has 4 nitrogen and oxygen atoms in total. The predicted octanol–water partition coefficient (Wildman–Crippen LogP) is 2.42. The summed E-state index contributed by atoms with van der Waals surface area (Å²) < 4.78 is 0. The molecule has 1 amide bonds. The van der Waals surface area contributed by atoms with Crippen LogP contribution in [-0.4, -0.2) is 28.8 Å². The number of phenolic OH excluding ortho intramolecular Hbond substituents is 1. The summed E-state index contributed by atoms with van der Waals surface area (Å²) >= 11 is 0. The smallest absolute Gasteiger partial charge is 0.273 e. The average molecular weight is 266 g/mol. The Morgan fingerprint density at radius 3 is 2.45 bits per heavy atom. The van der Waals surface area contributed by atoms with Crippen LogP contribution in [0.1, 0.15) is 21.5 Å². The standard InChI is InChI=1S/C16H14N2O2/c1-18-16(20)12-7-3-2-6-11(12)10-14(17-18)13-8-4-5-9-15(13)19/h2-9,19H,10H2,1H3. The lowest BCUT2D eigenvalue weighted by Crippen LogP contribution is -2.21. The number of aromatic hydroxyl groups is 1. The molecular weight excluding hydrogens is 252 g/mol. The van der Waals surface area contributed by atoms with Crippen LogP contribution >= 0.6 is 0 Å². The minimum absolute atomic E-state index is 0.133. The molecule has 0 unspecified atom stereocenters. The zero-order valence-electron chi connectivity index (χ0n) is 11.1. The molecule has 1 aliphatic heterocycles. The minimum atomic E-state index is -0.133. The maximum Gasteiger partial charge on any atom is 0.273 e. The van der Waals surface area contributed by atoms with Gasteiger partial charge in [-0.3, -0.25) is 4.79 Å². The van der Waals surface area contributed by atoms with E-state index < -0.39 is 0 Å². The number of carbonyl (C=O) groups excluding carboxylic acids is 1. The number of fused-ring (bicyclic) bond motifs is 1. The predicted molar refractivity (Wildman–Crippen MR) is 76.9 cm³/mol. The van der Waals surface area contributed by atoms with Crippen molar-refractivity contribution < 1.29 is 9.90 Å². The van der Waals surface area contributed by atoms with Crippen molar-refractivity contribution in [3.8, 4) is 5.75 Å². The van der Waals surface area contributed by atoms with Gasteiger partial charge >= 0.3 is 0 Å². The highest BCUT2D eigenvalue weighted by Crippen LogP contribution is 2.23. The van der Waals surface area contributed by atoms with E-state index in [1.165, 1.54) is 5.01 Å². The number of carbonyl (C=O) groups is 1. The molecule has 4 heteroatoms. The van der Waals surface area contributed by atoms with Crippen molar-refractivity contribution in [2.75, 3.05) is 7.05 Å². The maximum absolute atomic E-state index is 12.3. The molecule has 0 aliphatic carbocycles. The van der Waals surface area contributed by atoms with Gasteiger partial charge in [0.25, 0.3) is 5.91 Å². The Morgan fingerprint density at radius 2 is 1.70 bits per heavy atom. The monoisotopic (exact) mass is 266 g/mol. The number of amides is 1. The van der Waals surface area contributed by atoms with E-state index in [0.29, 0.717) is 23.3 Å². The second-order valence-corrected chi connectivity index (χ2v) is 4.73. The second-order valence-electron chi connectivity index (χ2n) is 4.73. The molecule has 0 saturated heterocycles. The zero-order chi connectivity index (χ0) is 14.1. The molecule has 0 bridgehead atoms. The number of hydrazone groups is 1. The van der Waals surface area contributed by atoms with E-state index in [9.17, 15) is 9.90 Å². The third-order valence-corrected chi connectivity index (χ3v) is 3.39. The van der Waals surface area contributed by atoms with Crippen LogP contribution in [0.3, 0.4) is 0 Å². The SMILES string of the molecule is CN1N=C(c2ccccc2O)Cc2ccccc2C1=O. The molecule has 2 aromatic rings. The molecule has 0 radical (unpaired) electrons. The van der Waals surface area contributed by atoms with Gasteiger partial charge in [0.05, 0.1) is 5.71 Å². The van der Waals surface area contributed by atoms with E-state index >= 15 is 0 Å². The molecule has 0 saturated carbocycles. The molecule has 0 fully saturated rings. The number of hydrogen-bond donors (Lipinski definition) is 1. The number of benzene rings is 2. The number of phenols is 1. The van der Waals surface area contributed by atoms with E-state index in [4.69, 9.17) is 0 Å². The molecule has 0 spiro atoms. The van der Waals surface area contributed by atoms with Crippen molar-refractivity contribution in [2.24, 2.45) is 5.10 Å². The van der Waals surface area contributed by atoms with E-state index in [0.717, 1.165) is 5.56 Å². The number of hydrogen-bond acceptors (Lipinski definition) is 3. The van der Waals surface area contributed by atoms with Crippen LogP contribution in [0.2, 0.25) is 0 Å². The fourth-order valence-corrected chi connectivity index (χ4v) is 2.37. The maximum atomic E-state index is 12.3. The molecular formula is C16H14N2O2. The third-order valence-electron chi connectivity index (χ3n) is 3.39. The Bertz CT molecular complexity index is 707. The summed E-state index contributed by atoms with van der Waals surface area (Å²) in [5.74, 6) is 0.0394. The molecule has 2 aromatic carbocycles. The first-order valence-electron chi connectivity index (χ1n) is 6.38. The molecule has 0 aromatic heterocycles. The van der Waals surface area contributed by atoms with Gasteiger partial charge in [-0.25, -0.2) is 5.01 Å². The van der Waals surface area contributed by atoms with Gasteiger partial charge in [-0.2, -0.15) is 5.10 Å². The zero-order valence-corrected chi connectivity index (χ0v) is 11.1. The Balaban J connectivity index is 2.13. The summed E-state index contributed by atoms with van der Waals surface area (Å²) in [5, 5.41) is 15.6. The summed E-state index contributed by atoms with van der Waals surface area (Å²) in [6.45, 7) is 0. The van der Waals surface area contributed by atoms with Crippen molar-refractivity contribution >= 4 is 11.6 Å². The van der Waals surface area contributed by atoms with Gasteiger partial charge in [0.2, 0.25) is 0 Å². The van der Waals surface area contributed by atoms with E-state index in [1.807, 2.05) is 24.3 Å². The normalized spacial score (nSPS) is 14.6. The summed E-state index contributed by atoms with van der Waals surface area (Å²) in [4.78, 5) is 12.3. The van der Waals surface area contributed by atoms with E-state index in [-0.39, 0.29) is 11.7 Å². The molecule has 1 heterocycles. The minimum Gasteiger partial charge on any atom is -0.507 e. The van der Waals surface area contributed by atoms with Gasteiger partial charge in [-0.15, -0.1) is 0 Å². The Morgan fingerprint density at radius 1 is 1.05 bits per heavy atom. The van der Waals surface area contributed by atoms with E-state index in [1.54, 1.807) is 31.3 Å². The van der Waals surface area contributed by atoms with E-state index in [2.05, 4.69) is 5.10 Å². The van der Waals surface area contributed by atoms with Crippen LogP contribution in [0.4, 0.5) is 0 Å². The third kappa shape index (κ3) is 2.05. The first-order valence-corrected chi connectivity index (χ1v) is 6.38. The van der Waals surface area contributed by atoms with Crippen molar-refractivity contribution in [1.29, 1.82) is 0 Å². The molecule has 1 N–H and O–H groups in total. The molecule has 0 atom stereocenters. The average Bonchev–Trinajstić information content (AvgIpc) is 2.58. The van der Waals surface area contributed by atoms with Crippen molar-refractivity contribution in [2.45, 2.75) is 6.42 Å². The van der Waals surface area contributed by atoms with Crippen LogP contribution in [-0.2, 0) is 6.42 Å². The lowest BCUT2D eigenvalue weighted by atomic mass is 9.98. The van der Waals surface area contributed by atoms with Crippen LogP contribution in [0.5, 0.6) is 5.75 Å². The largest absolute Gasteiger partial charge is 0.507 e. The summed E-state index contributed by atoms with van der Waals surface area (Å²) in [6, 6.07) is 14.5. The fourth-order valence-electron chi connectivity index (χ4n) is 2.37. The summed E-state index contributed by atoms with van der Waals surface area (Å²) in [7, 11) is 1.63. The Kier molecular flexibility index (Phi) is 2.99. The van der Waals surface area contributed by atoms with Crippen LogP contribution in [0.15, 0.2) is 53.6 Å². The number of para-hydroxylation sites is 1. The molecule has 1 aliphatic rings. The van der Waals surface area contributed by atoms with Gasteiger partial charge in [-0.05, 0) is 23.8 Å². The van der Waals surface area contributed by atoms with Gasteiger partial charge in [-0.1, -0.05) is 30.3 Å². The molecule has 20 heavy (non-hydrogen) atoms. The van der Waals surface area contributed by atoms with Crippen molar-refractivity contribution in [1.82, 2.24) is 5.01 Å². The number of nitrogens with zero attached hydrogens (tertiary/aromatic N) is 2. The first-order chi connectivity index (χ1) is 9.66. The molecule has 3 rings (SSSR count). The second kappa shape index (κ2) is 4.81. The van der Waals surface area contributed by atoms with Gasteiger partial charge in [0.1, 0.15) is 5.75 Å².